The Bertz CT molecular complexity index is 387. The summed E-state index contributed by atoms with van der Waals surface area (Å²) in [4.78, 5) is 34.1. The van der Waals surface area contributed by atoms with E-state index >= 15 is 0 Å². The second-order valence-corrected chi connectivity index (χ2v) is 4.69. The van der Waals surface area contributed by atoms with Gasteiger partial charge in [-0.25, -0.2) is 4.79 Å². The molecule has 2 heterocycles. The van der Waals surface area contributed by atoms with Gasteiger partial charge in [0.25, 0.3) is 0 Å². The van der Waals surface area contributed by atoms with E-state index in [9.17, 15) is 14.4 Å². The molecule has 0 radical (unpaired) electrons. The molecule has 3 atom stereocenters. The summed E-state index contributed by atoms with van der Waals surface area (Å²) in [5.74, 6) is -1.96. The third-order valence-electron chi connectivity index (χ3n) is 3.30. The number of carbonyl (C=O) groups excluding carboxylic acids is 2. The third-order valence-corrected chi connectivity index (χ3v) is 3.30. The summed E-state index contributed by atoms with van der Waals surface area (Å²) < 4.78 is 5.04. The highest BCUT2D eigenvalue weighted by Crippen LogP contribution is 2.13. The van der Waals surface area contributed by atoms with Gasteiger partial charge in [-0.05, 0) is 12.8 Å². The maximum Gasteiger partial charge on any atom is 0.315 e. The van der Waals surface area contributed by atoms with Crippen LogP contribution in [0.4, 0.5) is 4.79 Å². The highest BCUT2D eigenvalue weighted by molar-refractivity contribution is 5.87. The molecule has 106 valence electrons. The van der Waals surface area contributed by atoms with Crippen LogP contribution in [0.15, 0.2) is 0 Å². The fourth-order valence-electron chi connectivity index (χ4n) is 2.22. The fraction of sp³-hybridized carbons (Fsp3) is 0.727. The highest BCUT2D eigenvalue weighted by Gasteiger charge is 2.35. The summed E-state index contributed by atoms with van der Waals surface area (Å²) in [5, 5.41) is 16.7. The molecule has 19 heavy (non-hydrogen) atoms. The molecule has 8 nitrogen and oxygen atoms in total. The lowest BCUT2D eigenvalue weighted by molar-refractivity contribution is -0.142. The zero-order valence-electron chi connectivity index (χ0n) is 10.3. The molecule has 0 aromatic heterocycles. The lowest BCUT2D eigenvalue weighted by Gasteiger charge is -2.24. The Hall–Kier alpha value is -1.83. The van der Waals surface area contributed by atoms with Crippen LogP contribution in [0.2, 0.25) is 0 Å². The number of amides is 3. The molecule has 0 aromatic rings. The van der Waals surface area contributed by atoms with Gasteiger partial charge in [0.1, 0.15) is 12.0 Å². The van der Waals surface area contributed by atoms with Gasteiger partial charge in [0.2, 0.25) is 5.91 Å². The van der Waals surface area contributed by atoms with Crippen LogP contribution >= 0.6 is 0 Å². The van der Waals surface area contributed by atoms with Gasteiger partial charge in [0, 0.05) is 6.54 Å². The molecule has 2 rings (SSSR count). The van der Waals surface area contributed by atoms with Crippen molar-refractivity contribution in [2.24, 2.45) is 5.92 Å². The van der Waals surface area contributed by atoms with Gasteiger partial charge in [-0.1, -0.05) is 0 Å². The number of ether oxygens (including phenoxy) is 1. The number of carboxylic acids is 1. The maximum atomic E-state index is 11.7. The van der Waals surface area contributed by atoms with Gasteiger partial charge in [-0.2, -0.15) is 0 Å². The number of urea groups is 1. The Kier molecular flexibility index (Phi) is 4.20. The highest BCUT2D eigenvalue weighted by atomic mass is 16.5. The van der Waals surface area contributed by atoms with Gasteiger partial charge in [-0.3, -0.25) is 9.59 Å². The number of carbonyl (C=O) groups is 3. The van der Waals surface area contributed by atoms with Crippen LogP contribution in [0.1, 0.15) is 12.8 Å². The Morgan fingerprint density at radius 1 is 1.32 bits per heavy atom. The first kappa shape index (κ1) is 13.6. The van der Waals surface area contributed by atoms with E-state index in [1.807, 2.05) is 0 Å². The molecule has 0 bridgehead atoms. The van der Waals surface area contributed by atoms with E-state index < -0.39 is 30.0 Å². The predicted octanol–water partition coefficient (Wildman–Crippen LogP) is -1.34. The lowest BCUT2D eigenvalue weighted by atomic mass is 10.0. The van der Waals surface area contributed by atoms with Gasteiger partial charge in [0.05, 0.1) is 19.3 Å². The second kappa shape index (κ2) is 5.87. The van der Waals surface area contributed by atoms with Gasteiger partial charge in [0.15, 0.2) is 0 Å². The Morgan fingerprint density at radius 3 is 2.79 bits per heavy atom. The van der Waals surface area contributed by atoms with Crippen molar-refractivity contribution < 1.29 is 24.2 Å². The predicted molar refractivity (Wildman–Crippen MR) is 63.4 cm³/mol. The topological polar surface area (TPSA) is 117 Å². The van der Waals surface area contributed by atoms with Crippen LogP contribution < -0.4 is 16.0 Å². The molecule has 2 fully saturated rings. The second-order valence-electron chi connectivity index (χ2n) is 4.69. The van der Waals surface area contributed by atoms with Crippen molar-refractivity contribution in [2.45, 2.75) is 24.9 Å². The van der Waals surface area contributed by atoms with Crippen LogP contribution in [0.3, 0.4) is 0 Å². The standard InChI is InChI=1S/C11H17N3O5/c15-9-7(2-1-3-12-9)13-11(18)14-8-5-19-4-6(8)10(16)17/h6-8H,1-5H2,(H,12,15)(H,16,17)(H2,13,14,18). The van der Waals surface area contributed by atoms with Crippen LogP contribution in [0.5, 0.6) is 0 Å². The Balaban J connectivity index is 1.83. The Labute approximate surface area is 109 Å². The first-order valence-electron chi connectivity index (χ1n) is 6.23. The monoisotopic (exact) mass is 271 g/mol. The van der Waals surface area contributed by atoms with E-state index in [-0.39, 0.29) is 19.1 Å². The molecule has 3 unspecified atom stereocenters. The van der Waals surface area contributed by atoms with Crippen molar-refractivity contribution in [3.8, 4) is 0 Å². The molecule has 0 spiro atoms. The Morgan fingerprint density at radius 2 is 2.11 bits per heavy atom. The number of piperidine rings is 1. The van der Waals surface area contributed by atoms with Crippen molar-refractivity contribution in [1.82, 2.24) is 16.0 Å². The summed E-state index contributed by atoms with van der Waals surface area (Å²) in [6.45, 7) is 0.877. The quantitative estimate of drug-likeness (QED) is 0.507. The lowest BCUT2D eigenvalue weighted by Crippen LogP contribution is -2.55. The minimum Gasteiger partial charge on any atom is -0.481 e. The number of hydrogen-bond acceptors (Lipinski definition) is 4. The van der Waals surface area contributed by atoms with Crippen molar-refractivity contribution in [3.05, 3.63) is 0 Å². The summed E-state index contributed by atoms with van der Waals surface area (Å²) in [5.41, 5.74) is 0. The molecule has 0 saturated carbocycles. The normalized spacial score (nSPS) is 30.5. The zero-order valence-corrected chi connectivity index (χ0v) is 10.3. The minimum absolute atomic E-state index is 0.0875. The van der Waals surface area contributed by atoms with Gasteiger partial charge < -0.3 is 25.8 Å². The number of hydrogen-bond donors (Lipinski definition) is 4. The minimum atomic E-state index is -1.00. The average Bonchev–Trinajstić information content (AvgIpc) is 2.80. The average molecular weight is 271 g/mol. The molecule has 2 saturated heterocycles. The van der Waals surface area contributed by atoms with Crippen molar-refractivity contribution in [3.63, 3.8) is 0 Å². The van der Waals surface area contributed by atoms with E-state index in [1.165, 1.54) is 0 Å². The summed E-state index contributed by atoms with van der Waals surface area (Å²) in [7, 11) is 0. The molecule has 2 aliphatic heterocycles. The number of aliphatic carboxylic acids is 1. The summed E-state index contributed by atoms with van der Waals surface area (Å²) >= 11 is 0. The maximum absolute atomic E-state index is 11.7. The summed E-state index contributed by atoms with van der Waals surface area (Å²) in [6, 6.07) is -1.66. The smallest absolute Gasteiger partial charge is 0.315 e. The molecular weight excluding hydrogens is 254 g/mol. The largest absolute Gasteiger partial charge is 0.481 e. The van der Waals surface area contributed by atoms with Crippen LogP contribution in [-0.2, 0) is 14.3 Å². The van der Waals surface area contributed by atoms with Gasteiger partial charge >= 0.3 is 12.0 Å². The molecule has 3 amide bonds. The molecule has 0 aliphatic carbocycles. The first-order chi connectivity index (χ1) is 9.08. The summed E-state index contributed by atoms with van der Waals surface area (Å²) in [6.07, 6.45) is 1.39. The van der Waals surface area contributed by atoms with Crippen LogP contribution in [-0.4, -0.2) is 54.9 Å². The molecule has 4 N–H and O–H groups in total. The molecule has 0 aromatic carbocycles. The van der Waals surface area contributed by atoms with Crippen molar-refractivity contribution in [1.29, 1.82) is 0 Å². The van der Waals surface area contributed by atoms with E-state index in [1.54, 1.807) is 0 Å². The van der Waals surface area contributed by atoms with Gasteiger partial charge in [-0.15, -0.1) is 0 Å². The van der Waals surface area contributed by atoms with Crippen LogP contribution in [0.25, 0.3) is 0 Å². The molecular formula is C11H17N3O5. The molecule has 2 aliphatic rings. The SMILES string of the molecule is O=C(NC1CCCNC1=O)NC1COCC1C(=O)O. The number of nitrogens with one attached hydrogen (secondary N) is 3. The number of carboxylic acid groups (broad SMARTS) is 1. The number of rotatable bonds is 3. The van der Waals surface area contributed by atoms with Crippen molar-refractivity contribution in [2.75, 3.05) is 19.8 Å². The zero-order chi connectivity index (χ0) is 13.8. The van der Waals surface area contributed by atoms with E-state index in [0.717, 1.165) is 6.42 Å². The van der Waals surface area contributed by atoms with E-state index in [4.69, 9.17) is 9.84 Å². The molecule has 8 heteroatoms. The van der Waals surface area contributed by atoms with Crippen LogP contribution in [0, 0.1) is 5.92 Å². The van der Waals surface area contributed by atoms with Crippen molar-refractivity contribution >= 4 is 17.9 Å². The van der Waals surface area contributed by atoms with E-state index in [0.29, 0.717) is 13.0 Å². The first-order valence-corrected chi connectivity index (χ1v) is 6.23. The fourth-order valence-corrected chi connectivity index (χ4v) is 2.22. The van der Waals surface area contributed by atoms with E-state index in [2.05, 4.69) is 16.0 Å². The third kappa shape index (κ3) is 3.34.